The first-order valence-electron chi connectivity index (χ1n) is 22.7. The lowest BCUT2D eigenvalue weighted by Gasteiger charge is -2.44. The molecule has 4 aromatic carbocycles. The Hall–Kier alpha value is -4.93. The first kappa shape index (κ1) is 48.1. The Morgan fingerprint density at radius 3 is 1.18 bits per heavy atom. The van der Waals surface area contributed by atoms with Gasteiger partial charge in [0, 0.05) is 0 Å². The fourth-order valence-electron chi connectivity index (χ4n) is 7.51. The number of ether oxygens (including phenoxy) is 5. The maximum absolute atomic E-state index is 13.9. The Bertz CT molecular complexity index is 1880. The Morgan fingerprint density at radius 2 is 0.774 bits per heavy atom. The van der Waals surface area contributed by atoms with Crippen molar-refractivity contribution in [3.63, 3.8) is 0 Å². The van der Waals surface area contributed by atoms with E-state index >= 15 is 0 Å². The third kappa shape index (κ3) is 16.4. The van der Waals surface area contributed by atoms with E-state index in [4.69, 9.17) is 23.7 Å². The van der Waals surface area contributed by atoms with Crippen LogP contribution in [0.4, 0.5) is 0 Å². The van der Waals surface area contributed by atoms with Crippen LogP contribution in [0.25, 0.3) is 0 Å². The predicted molar refractivity (Wildman–Crippen MR) is 244 cm³/mol. The second-order valence-corrected chi connectivity index (χ2v) is 17.1. The third-order valence-corrected chi connectivity index (χ3v) is 12.2. The van der Waals surface area contributed by atoms with Gasteiger partial charge in [0.15, 0.2) is 18.3 Å². The summed E-state index contributed by atoms with van der Waals surface area (Å²) >= 11 is 1.44. The fraction of sp³-hybridized carbons (Fsp3) is 0.462. The quantitative estimate of drug-likeness (QED) is 0.0326. The molecule has 0 unspecified atom stereocenters. The number of esters is 4. The second-order valence-electron chi connectivity index (χ2n) is 15.9. The minimum Gasteiger partial charge on any atom is -0.459 e. The number of hydrogen-bond acceptors (Lipinski definition) is 10. The maximum Gasteiger partial charge on any atom is 0.338 e. The smallest absolute Gasteiger partial charge is 0.338 e. The molecule has 1 aliphatic heterocycles. The molecule has 10 heteroatoms. The Labute approximate surface area is 372 Å². The summed E-state index contributed by atoms with van der Waals surface area (Å²) < 4.78 is 31.0. The normalized spacial score (nSPS) is 18.4. The molecule has 0 radical (unpaired) electrons. The van der Waals surface area contributed by atoms with Crippen LogP contribution in [0.1, 0.15) is 151 Å². The van der Waals surface area contributed by atoms with Gasteiger partial charge in [0.1, 0.15) is 18.1 Å². The van der Waals surface area contributed by atoms with Gasteiger partial charge in [-0.05, 0) is 60.7 Å². The highest BCUT2D eigenvalue weighted by Gasteiger charge is 2.53. The summed E-state index contributed by atoms with van der Waals surface area (Å²) in [6, 6.07) is 33.9. The molecule has 5 rings (SSSR count). The lowest BCUT2D eigenvalue weighted by Crippen LogP contribution is -2.61. The van der Waals surface area contributed by atoms with Gasteiger partial charge in [-0.15, -0.1) is 11.8 Å². The number of thioether (sulfide) groups is 1. The molecule has 1 fully saturated rings. The van der Waals surface area contributed by atoms with Crippen molar-refractivity contribution in [2.75, 3.05) is 12.4 Å². The van der Waals surface area contributed by atoms with Crippen LogP contribution in [0.15, 0.2) is 121 Å². The molecule has 0 spiro atoms. The van der Waals surface area contributed by atoms with Gasteiger partial charge in [0.2, 0.25) is 0 Å². The van der Waals surface area contributed by atoms with E-state index in [-0.39, 0.29) is 17.7 Å². The Balaban J connectivity index is 1.28. The highest BCUT2D eigenvalue weighted by Crippen LogP contribution is 2.36. The number of benzene rings is 4. The standard InChI is InChI=1S/C52H64O9S/c1-2-3-4-5-6-7-8-9-10-11-12-13-14-15-16-29-38-62-52-47(61-51(56)43-36-27-20-28-37-43)46(60-50(55)42-34-25-19-26-35-42)45(59-49(54)41-32-23-18-24-33-41)44(58-52)39-57-48(53)40-30-21-17-22-31-40/h17-28,30-37,44-47,52H,2-16,29,38-39H2,1H3/t44-,45-,46+,47-,52+/m1/s1. The predicted octanol–water partition coefficient (Wildman–Crippen LogP) is 12.2. The molecule has 0 aromatic heterocycles. The van der Waals surface area contributed by atoms with Crippen LogP contribution in [0.2, 0.25) is 0 Å². The molecule has 9 nitrogen and oxygen atoms in total. The molecule has 4 aromatic rings. The highest BCUT2D eigenvalue weighted by atomic mass is 32.2. The number of carbonyl (C=O) groups is 4. The van der Waals surface area contributed by atoms with Crippen molar-refractivity contribution >= 4 is 35.6 Å². The summed E-state index contributed by atoms with van der Waals surface area (Å²) in [6.07, 6.45) is 15.2. The van der Waals surface area contributed by atoms with E-state index in [0.717, 1.165) is 19.3 Å². The first-order valence-corrected chi connectivity index (χ1v) is 23.8. The number of hydrogen-bond donors (Lipinski definition) is 0. The summed E-state index contributed by atoms with van der Waals surface area (Å²) in [5.74, 6) is -2.02. The van der Waals surface area contributed by atoms with Crippen LogP contribution in [0.5, 0.6) is 0 Å². The summed E-state index contributed by atoms with van der Waals surface area (Å²) in [7, 11) is 0. The van der Waals surface area contributed by atoms with E-state index in [0.29, 0.717) is 16.9 Å². The molecule has 5 atom stereocenters. The van der Waals surface area contributed by atoms with E-state index in [1.807, 2.05) is 0 Å². The van der Waals surface area contributed by atoms with Crippen LogP contribution in [-0.4, -0.2) is 66.1 Å². The molecule has 0 amide bonds. The number of unbranched alkanes of at least 4 members (excludes halogenated alkanes) is 15. The van der Waals surface area contributed by atoms with Gasteiger partial charge < -0.3 is 23.7 Å². The topological polar surface area (TPSA) is 114 Å². The molecular weight excluding hydrogens is 801 g/mol. The SMILES string of the molecule is CCCCCCCCCCCCCCCCCCS[C@@H]1O[C@H](COC(=O)c2ccccc2)[C@@H](OC(=O)c2ccccc2)[C@H](OC(=O)c2ccccc2)[C@H]1OC(=O)c1ccccc1. The minimum atomic E-state index is -1.35. The van der Waals surface area contributed by atoms with Gasteiger partial charge in [0.25, 0.3) is 0 Å². The van der Waals surface area contributed by atoms with Crippen LogP contribution in [-0.2, 0) is 23.7 Å². The number of rotatable bonds is 27. The molecule has 0 aliphatic carbocycles. The van der Waals surface area contributed by atoms with Gasteiger partial charge in [-0.25, -0.2) is 19.2 Å². The van der Waals surface area contributed by atoms with E-state index in [1.165, 1.54) is 95.2 Å². The molecular formula is C52H64O9S. The zero-order valence-electron chi connectivity index (χ0n) is 36.2. The Morgan fingerprint density at radius 1 is 0.435 bits per heavy atom. The largest absolute Gasteiger partial charge is 0.459 e. The minimum absolute atomic E-state index is 0.249. The van der Waals surface area contributed by atoms with Crippen LogP contribution >= 0.6 is 11.8 Å². The van der Waals surface area contributed by atoms with Crippen molar-refractivity contribution in [3.05, 3.63) is 144 Å². The van der Waals surface area contributed by atoms with Crippen molar-refractivity contribution in [2.24, 2.45) is 0 Å². The summed E-state index contributed by atoms with van der Waals surface area (Å²) in [5, 5.41) is 0. The molecule has 0 bridgehead atoms. The average Bonchev–Trinajstić information content (AvgIpc) is 3.31. The molecule has 1 saturated heterocycles. The van der Waals surface area contributed by atoms with Gasteiger partial charge in [-0.3, -0.25) is 0 Å². The average molecular weight is 865 g/mol. The van der Waals surface area contributed by atoms with E-state index in [1.54, 1.807) is 121 Å². The molecule has 0 saturated carbocycles. The van der Waals surface area contributed by atoms with Crippen molar-refractivity contribution in [1.82, 2.24) is 0 Å². The monoisotopic (exact) mass is 864 g/mol. The number of carbonyl (C=O) groups excluding carboxylic acids is 4. The molecule has 62 heavy (non-hydrogen) atoms. The van der Waals surface area contributed by atoms with Gasteiger partial charge in [-0.2, -0.15) is 0 Å². The van der Waals surface area contributed by atoms with Crippen molar-refractivity contribution < 1.29 is 42.9 Å². The maximum atomic E-state index is 13.9. The van der Waals surface area contributed by atoms with Crippen LogP contribution < -0.4 is 0 Å². The zero-order chi connectivity index (χ0) is 43.6. The molecule has 0 N–H and O–H groups in total. The highest BCUT2D eigenvalue weighted by molar-refractivity contribution is 7.99. The Kier molecular flexibility index (Phi) is 21.6. The molecule has 1 aliphatic rings. The van der Waals surface area contributed by atoms with Crippen molar-refractivity contribution in [2.45, 2.75) is 140 Å². The van der Waals surface area contributed by atoms with E-state index < -0.39 is 53.7 Å². The van der Waals surface area contributed by atoms with E-state index in [9.17, 15) is 19.2 Å². The zero-order valence-corrected chi connectivity index (χ0v) is 37.1. The summed E-state index contributed by atoms with van der Waals surface area (Å²) in [5.41, 5.74) is 0.249. The third-order valence-electron chi connectivity index (χ3n) is 11.0. The van der Waals surface area contributed by atoms with Gasteiger partial charge >= 0.3 is 23.9 Å². The van der Waals surface area contributed by atoms with Crippen molar-refractivity contribution in [3.8, 4) is 0 Å². The lowest BCUT2D eigenvalue weighted by molar-refractivity contribution is -0.207. The van der Waals surface area contributed by atoms with Crippen LogP contribution in [0.3, 0.4) is 0 Å². The van der Waals surface area contributed by atoms with Gasteiger partial charge in [0.05, 0.1) is 22.3 Å². The van der Waals surface area contributed by atoms with Gasteiger partial charge in [-0.1, -0.05) is 176 Å². The first-order chi connectivity index (χ1) is 30.4. The second kappa shape index (κ2) is 27.9. The molecule has 1 heterocycles. The lowest BCUT2D eigenvalue weighted by atomic mass is 9.98. The fourth-order valence-corrected chi connectivity index (χ4v) is 8.74. The van der Waals surface area contributed by atoms with Crippen molar-refractivity contribution in [1.29, 1.82) is 0 Å². The summed E-state index contributed by atoms with van der Waals surface area (Å²) in [4.78, 5) is 54.7. The molecule has 332 valence electrons. The summed E-state index contributed by atoms with van der Waals surface area (Å²) in [6.45, 7) is 1.92. The van der Waals surface area contributed by atoms with E-state index in [2.05, 4.69) is 6.92 Å². The van der Waals surface area contributed by atoms with Crippen LogP contribution in [0, 0.1) is 0 Å².